The van der Waals surface area contributed by atoms with Crippen molar-refractivity contribution in [1.82, 2.24) is 0 Å². The predicted octanol–water partition coefficient (Wildman–Crippen LogP) is 7.23. The van der Waals surface area contributed by atoms with Gasteiger partial charge in [-0.15, -0.1) is 0 Å². The standard InChI is InChI=1S/C24H45N3/c1-7-19(8-2)16-25-22-13-23(26-17-20(9-3)10-4)15-24(14-22)27-18-21(11-5)12-6/h13-15,19-21,25-27H,7-12,16-18H2,1-6H3. The molecule has 156 valence electrons. The molecule has 0 unspecified atom stereocenters. The highest BCUT2D eigenvalue weighted by molar-refractivity contribution is 5.67. The van der Waals surface area contributed by atoms with Gasteiger partial charge < -0.3 is 16.0 Å². The van der Waals surface area contributed by atoms with Gasteiger partial charge in [-0.1, -0.05) is 80.1 Å². The van der Waals surface area contributed by atoms with Crippen LogP contribution in [0.25, 0.3) is 0 Å². The predicted molar refractivity (Wildman–Crippen MR) is 124 cm³/mol. The van der Waals surface area contributed by atoms with E-state index in [0.29, 0.717) is 0 Å². The summed E-state index contributed by atoms with van der Waals surface area (Å²) in [6, 6.07) is 6.81. The molecule has 0 amide bonds. The maximum absolute atomic E-state index is 3.68. The van der Waals surface area contributed by atoms with Gasteiger partial charge in [0.05, 0.1) is 0 Å². The highest BCUT2D eigenvalue weighted by atomic mass is 14.9. The van der Waals surface area contributed by atoms with Crippen molar-refractivity contribution in [2.24, 2.45) is 17.8 Å². The minimum absolute atomic E-state index is 0.743. The quantitative estimate of drug-likeness (QED) is 0.302. The van der Waals surface area contributed by atoms with Crippen LogP contribution < -0.4 is 16.0 Å². The van der Waals surface area contributed by atoms with E-state index in [-0.39, 0.29) is 0 Å². The zero-order valence-corrected chi connectivity index (χ0v) is 18.8. The molecular formula is C24H45N3. The second-order valence-corrected chi connectivity index (χ2v) is 7.99. The molecule has 1 rings (SSSR count). The van der Waals surface area contributed by atoms with Gasteiger partial charge >= 0.3 is 0 Å². The molecule has 0 aliphatic carbocycles. The Hall–Kier alpha value is -1.38. The number of rotatable bonds is 15. The number of benzene rings is 1. The van der Waals surface area contributed by atoms with Crippen LogP contribution in [0.4, 0.5) is 17.1 Å². The van der Waals surface area contributed by atoms with Crippen molar-refractivity contribution in [1.29, 1.82) is 0 Å². The van der Waals surface area contributed by atoms with Crippen molar-refractivity contribution in [2.45, 2.75) is 80.1 Å². The Balaban J connectivity index is 2.85. The van der Waals surface area contributed by atoms with Crippen LogP contribution in [-0.2, 0) is 0 Å². The van der Waals surface area contributed by atoms with Gasteiger partial charge in [0.1, 0.15) is 0 Å². The normalized spacial score (nSPS) is 11.4. The Labute approximate surface area is 169 Å². The van der Waals surface area contributed by atoms with Gasteiger partial charge in [-0.05, 0) is 36.0 Å². The summed E-state index contributed by atoms with van der Waals surface area (Å²) in [5, 5.41) is 11.0. The molecular weight excluding hydrogens is 330 g/mol. The summed E-state index contributed by atoms with van der Waals surface area (Å²) in [4.78, 5) is 0. The Morgan fingerprint density at radius 2 is 0.704 bits per heavy atom. The van der Waals surface area contributed by atoms with E-state index in [1.165, 1.54) is 55.6 Å². The Bertz CT molecular complexity index is 405. The first-order valence-electron chi connectivity index (χ1n) is 11.5. The van der Waals surface area contributed by atoms with E-state index in [4.69, 9.17) is 0 Å². The Morgan fingerprint density at radius 3 is 0.889 bits per heavy atom. The molecule has 0 saturated heterocycles. The molecule has 0 aliphatic heterocycles. The number of hydrogen-bond acceptors (Lipinski definition) is 3. The third-order valence-electron chi connectivity index (χ3n) is 6.18. The van der Waals surface area contributed by atoms with Gasteiger partial charge in [0.25, 0.3) is 0 Å². The number of anilines is 3. The monoisotopic (exact) mass is 375 g/mol. The molecule has 3 nitrogen and oxygen atoms in total. The first kappa shape index (κ1) is 23.7. The molecule has 3 heteroatoms. The summed E-state index contributed by atoms with van der Waals surface area (Å²) in [6.07, 6.45) is 7.39. The maximum atomic E-state index is 3.68. The summed E-state index contributed by atoms with van der Waals surface area (Å²) in [5.41, 5.74) is 3.68. The van der Waals surface area contributed by atoms with Crippen LogP contribution in [0, 0.1) is 17.8 Å². The molecule has 0 spiro atoms. The molecule has 1 aromatic rings. The number of nitrogens with one attached hydrogen (secondary N) is 3. The second kappa shape index (κ2) is 13.7. The average Bonchev–Trinajstić information content (AvgIpc) is 2.70. The maximum Gasteiger partial charge on any atom is 0.0381 e. The minimum atomic E-state index is 0.743. The minimum Gasteiger partial charge on any atom is -0.385 e. The summed E-state index contributed by atoms with van der Waals surface area (Å²) < 4.78 is 0. The topological polar surface area (TPSA) is 36.1 Å². The average molecular weight is 376 g/mol. The van der Waals surface area contributed by atoms with Gasteiger partial charge in [0, 0.05) is 36.7 Å². The molecule has 3 N–H and O–H groups in total. The third-order valence-corrected chi connectivity index (χ3v) is 6.18. The van der Waals surface area contributed by atoms with Crippen LogP contribution >= 0.6 is 0 Å². The lowest BCUT2D eigenvalue weighted by Crippen LogP contribution is -2.16. The fraction of sp³-hybridized carbons (Fsp3) is 0.750. The van der Waals surface area contributed by atoms with Crippen molar-refractivity contribution in [3.05, 3.63) is 18.2 Å². The fourth-order valence-electron chi connectivity index (χ4n) is 3.45. The van der Waals surface area contributed by atoms with Crippen LogP contribution in [0.2, 0.25) is 0 Å². The molecule has 0 fully saturated rings. The van der Waals surface area contributed by atoms with Gasteiger partial charge in [-0.2, -0.15) is 0 Å². The molecule has 0 saturated carbocycles. The highest BCUT2D eigenvalue weighted by Gasteiger charge is 2.09. The van der Waals surface area contributed by atoms with E-state index < -0.39 is 0 Å². The van der Waals surface area contributed by atoms with E-state index in [1.54, 1.807) is 0 Å². The Morgan fingerprint density at radius 1 is 0.481 bits per heavy atom. The smallest absolute Gasteiger partial charge is 0.0381 e. The van der Waals surface area contributed by atoms with Crippen molar-refractivity contribution in [3.63, 3.8) is 0 Å². The number of hydrogen-bond donors (Lipinski definition) is 3. The van der Waals surface area contributed by atoms with Crippen LogP contribution in [-0.4, -0.2) is 19.6 Å². The molecule has 0 radical (unpaired) electrons. The molecule has 0 bridgehead atoms. The molecule has 27 heavy (non-hydrogen) atoms. The SMILES string of the molecule is CCC(CC)CNc1cc(NCC(CC)CC)cc(NCC(CC)CC)c1. The van der Waals surface area contributed by atoms with Crippen LogP contribution in [0.3, 0.4) is 0 Å². The van der Waals surface area contributed by atoms with Crippen LogP contribution in [0.5, 0.6) is 0 Å². The lowest BCUT2D eigenvalue weighted by molar-refractivity contribution is 0.517. The van der Waals surface area contributed by atoms with Crippen LogP contribution in [0.15, 0.2) is 18.2 Å². The molecule has 0 aliphatic rings. The molecule has 0 heterocycles. The fourth-order valence-corrected chi connectivity index (χ4v) is 3.45. The van der Waals surface area contributed by atoms with Gasteiger partial charge in [0.2, 0.25) is 0 Å². The third kappa shape index (κ3) is 8.90. The summed E-state index contributed by atoms with van der Waals surface area (Å²) >= 11 is 0. The molecule has 1 aromatic carbocycles. The lowest BCUT2D eigenvalue weighted by Gasteiger charge is -2.20. The lowest BCUT2D eigenvalue weighted by atomic mass is 10.0. The van der Waals surface area contributed by atoms with Crippen molar-refractivity contribution >= 4 is 17.1 Å². The first-order valence-corrected chi connectivity index (χ1v) is 11.5. The summed E-state index contributed by atoms with van der Waals surface area (Å²) in [6.45, 7) is 16.9. The van der Waals surface area contributed by atoms with E-state index >= 15 is 0 Å². The van der Waals surface area contributed by atoms with E-state index in [1.807, 2.05) is 0 Å². The summed E-state index contributed by atoms with van der Waals surface area (Å²) in [5.74, 6) is 2.23. The van der Waals surface area contributed by atoms with Crippen LogP contribution in [0.1, 0.15) is 80.1 Å². The summed E-state index contributed by atoms with van der Waals surface area (Å²) in [7, 11) is 0. The van der Waals surface area contributed by atoms with Gasteiger partial charge in [0.15, 0.2) is 0 Å². The van der Waals surface area contributed by atoms with Gasteiger partial charge in [-0.25, -0.2) is 0 Å². The van der Waals surface area contributed by atoms with Gasteiger partial charge in [-0.3, -0.25) is 0 Å². The van der Waals surface area contributed by atoms with Crippen molar-refractivity contribution in [2.75, 3.05) is 35.6 Å². The van der Waals surface area contributed by atoms with Crippen molar-refractivity contribution < 1.29 is 0 Å². The molecule has 0 atom stereocenters. The zero-order chi connectivity index (χ0) is 20.1. The first-order chi connectivity index (χ1) is 13.1. The van der Waals surface area contributed by atoms with Crippen molar-refractivity contribution in [3.8, 4) is 0 Å². The Kier molecular flexibility index (Phi) is 12.0. The molecule has 0 aromatic heterocycles. The van der Waals surface area contributed by atoms with E-state index in [0.717, 1.165) is 37.4 Å². The van der Waals surface area contributed by atoms with E-state index in [9.17, 15) is 0 Å². The highest BCUT2D eigenvalue weighted by Crippen LogP contribution is 2.25. The largest absolute Gasteiger partial charge is 0.385 e. The second-order valence-electron chi connectivity index (χ2n) is 7.99. The van der Waals surface area contributed by atoms with E-state index in [2.05, 4.69) is 75.7 Å². The zero-order valence-electron chi connectivity index (χ0n) is 18.8.